The summed E-state index contributed by atoms with van der Waals surface area (Å²) >= 11 is 0. The van der Waals surface area contributed by atoms with Gasteiger partial charge in [0.2, 0.25) is 5.91 Å². The average Bonchev–Trinajstić information content (AvgIpc) is 2.69. The third-order valence-electron chi connectivity index (χ3n) is 4.02. The first-order valence-corrected chi connectivity index (χ1v) is 7.51. The van der Waals surface area contributed by atoms with Crippen molar-refractivity contribution in [2.45, 2.75) is 58.3 Å². The number of hydrogen-bond acceptors (Lipinski definition) is 3. The number of nitriles is 1. The number of carbonyl (C=O) groups is 1. The molecule has 0 aromatic carbocycles. The molecule has 0 saturated heterocycles. The smallest absolute Gasteiger partial charge is 0.243 e. The first-order chi connectivity index (χ1) is 9.20. The van der Waals surface area contributed by atoms with Gasteiger partial charge in [0.25, 0.3) is 0 Å². The molecule has 0 atom stereocenters. The maximum atomic E-state index is 12.7. The van der Waals surface area contributed by atoms with Gasteiger partial charge in [0, 0.05) is 13.1 Å². The summed E-state index contributed by atoms with van der Waals surface area (Å²) in [4.78, 5) is 14.4. The molecule has 1 fully saturated rings. The highest BCUT2D eigenvalue weighted by molar-refractivity contribution is 5.85. The lowest BCUT2D eigenvalue weighted by molar-refractivity contribution is -0.140. The molecular weight excluding hydrogens is 240 g/mol. The topological polar surface area (TPSA) is 64.3 Å². The van der Waals surface area contributed by atoms with E-state index < -0.39 is 5.41 Å². The normalized spacial score (nSPS) is 18.4. The van der Waals surface area contributed by atoms with Crippen LogP contribution in [0.15, 0.2) is 0 Å². The van der Waals surface area contributed by atoms with Gasteiger partial charge in [-0.3, -0.25) is 4.79 Å². The second-order valence-electron chi connectivity index (χ2n) is 5.48. The molecule has 0 radical (unpaired) electrons. The van der Waals surface area contributed by atoms with Crippen molar-refractivity contribution < 1.29 is 9.90 Å². The van der Waals surface area contributed by atoms with Crippen molar-refractivity contribution >= 4 is 5.91 Å². The van der Waals surface area contributed by atoms with Gasteiger partial charge in [-0.05, 0) is 19.3 Å². The Balaban J connectivity index is 2.80. The van der Waals surface area contributed by atoms with Gasteiger partial charge in [-0.15, -0.1) is 0 Å². The van der Waals surface area contributed by atoms with Crippen molar-refractivity contribution in [1.29, 1.82) is 5.26 Å². The van der Waals surface area contributed by atoms with E-state index in [0.717, 1.165) is 38.5 Å². The summed E-state index contributed by atoms with van der Waals surface area (Å²) < 4.78 is 0. The molecule has 0 heterocycles. The standard InChI is InChI=1S/C15H26N2O2/c1-2-3-10-17(11-12-18)14(19)15(13-16)8-6-4-5-7-9-15/h18H,2-12H2,1H3. The fourth-order valence-corrected chi connectivity index (χ4v) is 2.79. The average molecular weight is 266 g/mol. The van der Waals surface area contributed by atoms with Gasteiger partial charge in [0.05, 0.1) is 12.7 Å². The lowest BCUT2D eigenvalue weighted by Gasteiger charge is -2.31. The zero-order valence-electron chi connectivity index (χ0n) is 12.0. The summed E-state index contributed by atoms with van der Waals surface area (Å²) in [6, 6.07) is 2.30. The quantitative estimate of drug-likeness (QED) is 0.751. The molecule has 4 heteroatoms. The monoisotopic (exact) mass is 266 g/mol. The lowest BCUT2D eigenvalue weighted by atomic mass is 9.80. The minimum Gasteiger partial charge on any atom is -0.395 e. The van der Waals surface area contributed by atoms with Crippen molar-refractivity contribution in [1.82, 2.24) is 4.90 Å². The minimum atomic E-state index is -0.834. The molecule has 19 heavy (non-hydrogen) atoms. The molecule has 0 bridgehead atoms. The number of rotatable bonds is 6. The van der Waals surface area contributed by atoms with Gasteiger partial charge < -0.3 is 10.0 Å². The molecule has 0 aromatic rings. The van der Waals surface area contributed by atoms with Crippen LogP contribution in [0.4, 0.5) is 0 Å². The van der Waals surface area contributed by atoms with Crippen LogP contribution in [0.1, 0.15) is 58.3 Å². The highest BCUT2D eigenvalue weighted by Crippen LogP contribution is 2.36. The summed E-state index contributed by atoms with van der Waals surface area (Å²) in [6.07, 6.45) is 7.44. The van der Waals surface area contributed by atoms with Crippen LogP contribution in [-0.2, 0) is 4.79 Å². The summed E-state index contributed by atoms with van der Waals surface area (Å²) in [5.74, 6) is -0.0561. The van der Waals surface area contributed by atoms with Crippen LogP contribution in [0.3, 0.4) is 0 Å². The van der Waals surface area contributed by atoms with Crippen molar-refractivity contribution in [2.24, 2.45) is 5.41 Å². The Hall–Kier alpha value is -1.08. The SMILES string of the molecule is CCCCN(CCO)C(=O)C1(C#N)CCCCCC1. The number of hydrogen-bond donors (Lipinski definition) is 1. The molecule has 1 rings (SSSR count). The Morgan fingerprint density at radius 3 is 2.37 bits per heavy atom. The Bertz CT molecular complexity index is 315. The van der Waals surface area contributed by atoms with Crippen LogP contribution in [0.2, 0.25) is 0 Å². The fraction of sp³-hybridized carbons (Fsp3) is 0.867. The van der Waals surface area contributed by atoms with Crippen molar-refractivity contribution in [3.05, 3.63) is 0 Å². The maximum Gasteiger partial charge on any atom is 0.243 e. The third kappa shape index (κ3) is 4.21. The van der Waals surface area contributed by atoms with Gasteiger partial charge in [-0.2, -0.15) is 5.26 Å². The van der Waals surface area contributed by atoms with Crippen LogP contribution in [-0.4, -0.2) is 35.6 Å². The molecule has 0 unspecified atom stereocenters. The third-order valence-corrected chi connectivity index (χ3v) is 4.02. The summed E-state index contributed by atoms with van der Waals surface area (Å²) in [6.45, 7) is 3.05. The Morgan fingerprint density at radius 2 is 1.89 bits per heavy atom. The van der Waals surface area contributed by atoms with Gasteiger partial charge in [-0.1, -0.05) is 39.0 Å². The lowest BCUT2D eigenvalue weighted by Crippen LogP contribution is -2.45. The zero-order chi connectivity index (χ0) is 14.1. The van der Waals surface area contributed by atoms with E-state index in [4.69, 9.17) is 5.11 Å². The molecule has 1 N–H and O–H groups in total. The van der Waals surface area contributed by atoms with E-state index >= 15 is 0 Å². The van der Waals surface area contributed by atoms with Gasteiger partial charge >= 0.3 is 0 Å². The molecule has 1 saturated carbocycles. The highest BCUT2D eigenvalue weighted by atomic mass is 16.3. The van der Waals surface area contributed by atoms with E-state index in [1.165, 1.54) is 0 Å². The summed E-state index contributed by atoms with van der Waals surface area (Å²) in [5, 5.41) is 18.6. The van der Waals surface area contributed by atoms with Crippen LogP contribution < -0.4 is 0 Å². The highest BCUT2D eigenvalue weighted by Gasteiger charge is 2.41. The molecule has 0 aliphatic heterocycles. The number of aliphatic hydroxyl groups is 1. The fourth-order valence-electron chi connectivity index (χ4n) is 2.79. The summed E-state index contributed by atoms with van der Waals surface area (Å²) in [5.41, 5.74) is -0.834. The second-order valence-corrected chi connectivity index (χ2v) is 5.48. The van der Waals surface area contributed by atoms with Gasteiger partial charge in [0.1, 0.15) is 5.41 Å². The molecule has 4 nitrogen and oxygen atoms in total. The number of amides is 1. The Morgan fingerprint density at radius 1 is 1.26 bits per heavy atom. The Labute approximate surface area is 116 Å². The predicted molar refractivity (Wildman–Crippen MR) is 74.3 cm³/mol. The van der Waals surface area contributed by atoms with E-state index in [9.17, 15) is 10.1 Å². The molecule has 108 valence electrons. The first-order valence-electron chi connectivity index (χ1n) is 7.51. The molecule has 1 amide bonds. The van der Waals surface area contributed by atoms with Crippen molar-refractivity contribution in [2.75, 3.05) is 19.7 Å². The molecular formula is C15H26N2O2. The molecule has 1 aliphatic rings. The number of carbonyl (C=O) groups excluding carboxylic acids is 1. The first kappa shape index (κ1) is 16.0. The van der Waals surface area contributed by atoms with E-state index in [2.05, 4.69) is 13.0 Å². The number of aliphatic hydroxyl groups excluding tert-OH is 1. The second kappa shape index (κ2) is 8.16. The van der Waals surface area contributed by atoms with Crippen LogP contribution >= 0.6 is 0 Å². The number of unbranched alkanes of at least 4 members (excludes halogenated alkanes) is 1. The predicted octanol–water partition coefficient (Wildman–Crippen LogP) is 2.47. The molecule has 0 aromatic heterocycles. The summed E-state index contributed by atoms with van der Waals surface area (Å²) in [7, 11) is 0. The van der Waals surface area contributed by atoms with Gasteiger partial charge in [0.15, 0.2) is 0 Å². The maximum absolute atomic E-state index is 12.7. The number of nitrogens with zero attached hydrogens (tertiary/aromatic N) is 2. The molecule has 1 aliphatic carbocycles. The van der Waals surface area contributed by atoms with E-state index in [-0.39, 0.29) is 12.5 Å². The van der Waals surface area contributed by atoms with Crippen LogP contribution in [0.5, 0.6) is 0 Å². The van der Waals surface area contributed by atoms with E-state index in [1.54, 1.807) is 4.90 Å². The largest absolute Gasteiger partial charge is 0.395 e. The van der Waals surface area contributed by atoms with Gasteiger partial charge in [-0.25, -0.2) is 0 Å². The molecule has 0 spiro atoms. The van der Waals surface area contributed by atoms with E-state index in [1.807, 2.05) is 0 Å². The minimum absolute atomic E-state index is 0.0308. The zero-order valence-corrected chi connectivity index (χ0v) is 12.0. The Kier molecular flexibility index (Phi) is 6.86. The van der Waals surface area contributed by atoms with Crippen LogP contribution in [0.25, 0.3) is 0 Å². The van der Waals surface area contributed by atoms with Crippen molar-refractivity contribution in [3.63, 3.8) is 0 Å². The van der Waals surface area contributed by atoms with Crippen LogP contribution in [0, 0.1) is 16.7 Å². The van der Waals surface area contributed by atoms with E-state index in [0.29, 0.717) is 25.9 Å². The van der Waals surface area contributed by atoms with Crippen molar-refractivity contribution in [3.8, 4) is 6.07 Å².